The zero-order chi connectivity index (χ0) is 11.8. The van der Waals surface area contributed by atoms with Gasteiger partial charge in [-0.1, -0.05) is 37.3 Å². The number of carbonyl (C=O) groups is 1. The molecule has 1 aromatic rings. The third-order valence-corrected chi connectivity index (χ3v) is 3.49. The van der Waals surface area contributed by atoms with E-state index < -0.39 is 0 Å². The number of benzene rings is 1. The number of thioether (sulfide) groups is 1. The van der Waals surface area contributed by atoms with E-state index in [0.29, 0.717) is 11.7 Å². The van der Waals surface area contributed by atoms with Gasteiger partial charge in [0.1, 0.15) is 0 Å². The molecule has 0 bridgehead atoms. The summed E-state index contributed by atoms with van der Waals surface area (Å²) in [5.41, 5.74) is 1.35. The lowest BCUT2D eigenvalue weighted by Gasteiger charge is -2.09. The van der Waals surface area contributed by atoms with E-state index in [0.717, 1.165) is 12.2 Å². The predicted octanol–water partition coefficient (Wildman–Crippen LogP) is 2.91. The summed E-state index contributed by atoms with van der Waals surface area (Å²) >= 11 is 1.81. The molecule has 0 aliphatic carbocycles. The number of carbonyl (C=O) groups excluding carboxylic acids is 1. The molecular weight excluding hydrogens is 220 g/mol. The molecule has 0 heterocycles. The van der Waals surface area contributed by atoms with E-state index in [1.807, 2.05) is 17.8 Å². The molecule has 0 spiro atoms. The third-order valence-electron chi connectivity index (χ3n) is 2.32. The summed E-state index contributed by atoms with van der Waals surface area (Å²) in [7, 11) is 1.43. The normalized spacial score (nSPS) is 12.1. The number of rotatable bonds is 6. The molecule has 0 aliphatic heterocycles. The lowest BCUT2D eigenvalue weighted by Crippen LogP contribution is -2.09. The van der Waals surface area contributed by atoms with Crippen LogP contribution in [0.2, 0.25) is 0 Å². The molecule has 16 heavy (non-hydrogen) atoms. The highest BCUT2D eigenvalue weighted by Gasteiger charge is 2.08. The molecule has 1 rings (SSSR count). The first-order valence-corrected chi connectivity index (χ1v) is 6.49. The molecular formula is C13H18O2S. The first kappa shape index (κ1) is 13.1. The van der Waals surface area contributed by atoms with Crippen LogP contribution in [0.5, 0.6) is 0 Å². The quantitative estimate of drug-likeness (QED) is 0.713. The van der Waals surface area contributed by atoms with Gasteiger partial charge in [-0.25, -0.2) is 0 Å². The molecule has 1 atom stereocenters. The Balaban J connectivity index is 2.18. The highest BCUT2D eigenvalue weighted by molar-refractivity contribution is 7.99. The van der Waals surface area contributed by atoms with Crippen molar-refractivity contribution in [3.63, 3.8) is 0 Å². The first-order chi connectivity index (χ1) is 7.72. The van der Waals surface area contributed by atoms with Crippen LogP contribution in [0, 0.1) is 0 Å². The zero-order valence-corrected chi connectivity index (χ0v) is 10.6. The van der Waals surface area contributed by atoms with Gasteiger partial charge in [0, 0.05) is 5.25 Å². The van der Waals surface area contributed by atoms with E-state index >= 15 is 0 Å². The molecule has 2 nitrogen and oxygen atoms in total. The monoisotopic (exact) mass is 238 g/mol. The van der Waals surface area contributed by atoms with Crippen molar-refractivity contribution in [1.82, 2.24) is 0 Å². The second-order valence-electron chi connectivity index (χ2n) is 3.70. The zero-order valence-electron chi connectivity index (χ0n) is 9.81. The number of methoxy groups -OCH3 is 1. The fraction of sp³-hybridized carbons (Fsp3) is 0.462. The van der Waals surface area contributed by atoms with Gasteiger partial charge in [-0.15, -0.1) is 0 Å². The average Bonchev–Trinajstić information content (AvgIpc) is 2.30. The number of hydrogen-bond acceptors (Lipinski definition) is 3. The highest BCUT2D eigenvalue weighted by Crippen LogP contribution is 2.16. The van der Waals surface area contributed by atoms with E-state index in [2.05, 4.69) is 35.9 Å². The molecule has 0 amide bonds. The molecule has 0 aliphatic rings. The van der Waals surface area contributed by atoms with Crippen molar-refractivity contribution in [2.24, 2.45) is 0 Å². The van der Waals surface area contributed by atoms with Crippen LogP contribution in [0.1, 0.15) is 18.9 Å². The topological polar surface area (TPSA) is 26.3 Å². The standard InChI is InChI=1S/C13H18O2S/c1-11(10-13(14)15-2)16-9-8-12-6-4-3-5-7-12/h3-7,11H,8-10H2,1-2H3. The van der Waals surface area contributed by atoms with Gasteiger partial charge in [-0.2, -0.15) is 11.8 Å². The summed E-state index contributed by atoms with van der Waals surface area (Å²) in [6.07, 6.45) is 1.55. The minimum absolute atomic E-state index is 0.125. The van der Waals surface area contributed by atoms with Crippen LogP contribution < -0.4 is 0 Å². The van der Waals surface area contributed by atoms with Crippen LogP contribution in [0.25, 0.3) is 0 Å². The van der Waals surface area contributed by atoms with Gasteiger partial charge in [0.2, 0.25) is 0 Å². The average molecular weight is 238 g/mol. The van der Waals surface area contributed by atoms with Gasteiger partial charge in [-0.3, -0.25) is 4.79 Å². The van der Waals surface area contributed by atoms with Crippen molar-refractivity contribution in [1.29, 1.82) is 0 Å². The maximum atomic E-state index is 11.0. The molecule has 3 heteroatoms. The van der Waals surface area contributed by atoms with Gasteiger partial charge in [0.05, 0.1) is 13.5 Å². The Kier molecular flexibility index (Phi) is 6.01. The molecule has 0 saturated carbocycles. The van der Waals surface area contributed by atoms with E-state index in [-0.39, 0.29) is 5.97 Å². The predicted molar refractivity (Wildman–Crippen MR) is 68.7 cm³/mol. The molecule has 1 aromatic carbocycles. The van der Waals surface area contributed by atoms with E-state index in [4.69, 9.17) is 0 Å². The summed E-state index contributed by atoms with van der Waals surface area (Å²) in [4.78, 5) is 11.0. The molecule has 0 saturated heterocycles. The van der Waals surface area contributed by atoms with Gasteiger partial charge in [0.25, 0.3) is 0 Å². The van der Waals surface area contributed by atoms with E-state index in [1.54, 1.807) is 0 Å². The fourth-order valence-electron chi connectivity index (χ4n) is 1.40. The molecule has 0 N–H and O–H groups in total. The fourth-order valence-corrected chi connectivity index (χ4v) is 2.41. The summed E-state index contributed by atoms with van der Waals surface area (Å²) in [5.74, 6) is 0.919. The second-order valence-corrected chi connectivity index (χ2v) is 5.24. The van der Waals surface area contributed by atoms with Crippen molar-refractivity contribution < 1.29 is 9.53 Å². The van der Waals surface area contributed by atoms with Gasteiger partial charge in [0.15, 0.2) is 0 Å². The molecule has 0 fully saturated rings. The molecule has 0 radical (unpaired) electrons. The van der Waals surface area contributed by atoms with Gasteiger partial charge in [-0.05, 0) is 17.7 Å². The summed E-state index contributed by atoms with van der Waals surface area (Å²) < 4.78 is 4.63. The van der Waals surface area contributed by atoms with Crippen LogP contribution >= 0.6 is 11.8 Å². The minimum atomic E-state index is -0.125. The Bertz CT molecular complexity index is 311. The Hall–Kier alpha value is -0.960. The highest BCUT2D eigenvalue weighted by atomic mass is 32.2. The lowest BCUT2D eigenvalue weighted by molar-refractivity contribution is -0.140. The van der Waals surface area contributed by atoms with Crippen molar-refractivity contribution in [2.75, 3.05) is 12.9 Å². The Morgan fingerprint density at radius 2 is 2.06 bits per heavy atom. The number of hydrogen-bond donors (Lipinski definition) is 0. The van der Waals surface area contributed by atoms with E-state index in [1.165, 1.54) is 12.7 Å². The minimum Gasteiger partial charge on any atom is -0.469 e. The van der Waals surface area contributed by atoms with E-state index in [9.17, 15) is 4.79 Å². The van der Waals surface area contributed by atoms with Gasteiger partial charge < -0.3 is 4.74 Å². The SMILES string of the molecule is COC(=O)CC(C)SCCc1ccccc1. The number of esters is 1. The Labute approximate surface area is 101 Å². The molecule has 88 valence electrons. The maximum absolute atomic E-state index is 11.0. The van der Waals surface area contributed by atoms with Crippen molar-refractivity contribution >= 4 is 17.7 Å². The van der Waals surface area contributed by atoms with Crippen molar-refractivity contribution in [3.05, 3.63) is 35.9 Å². The first-order valence-electron chi connectivity index (χ1n) is 5.44. The second kappa shape index (κ2) is 7.34. The smallest absolute Gasteiger partial charge is 0.306 e. The van der Waals surface area contributed by atoms with Gasteiger partial charge >= 0.3 is 5.97 Å². The van der Waals surface area contributed by atoms with Crippen LogP contribution in [0.3, 0.4) is 0 Å². The van der Waals surface area contributed by atoms with Crippen LogP contribution in [-0.2, 0) is 16.0 Å². The van der Waals surface area contributed by atoms with Crippen LogP contribution in [0.4, 0.5) is 0 Å². The summed E-state index contributed by atoms with van der Waals surface area (Å²) in [6.45, 7) is 2.06. The van der Waals surface area contributed by atoms with Crippen molar-refractivity contribution in [3.8, 4) is 0 Å². The van der Waals surface area contributed by atoms with Crippen LogP contribution in [0.15, 0.2) is 30.3 Å². The van der Waals surface area contributed by atoms with Crippen LogP contribution in [-0.4, -0.2) is 24.1 Å². The largest absolute Gasteiger partial charge is 0.469 e. The Morgan fingerprint density at radius 1 is 1.38 bits per heavy atom. The third kappa shape index (κ3) is 5.21. The number of aryl methyl sites for hydroxylation is 1. The van der Waals surface area contributed by atoms with Crippen molar-refractivity contribution in [2.45, 2.75) is 25.0 Å². The Morgan fingerprint density at radius 3 is 2.69 bits per heavy atom. The summed E-state index contributed by atoms with van der Waals surface area (Å²) in [6, 6.07) is 10.4. The number of ether oxygens (including phenoxy) is 1. The molecule has 1 unspecified atom stereocenters. The maximum Gasteiger partial charge on any atom is 0.306 e. The molecule has 0 aromatic heterocycles. The lowest BCUT2D eigenvalue weighted by atomic mass is 10.2. The summed E-state index contributed by atoms with van der Waals surface area (Å²) in [5, 5.41) is 0.330.